The average molecular weight is 299 g/mol. The van der Waals surface area contributed by atoms with E-state index in [9.17, 15) is 0 Å². The van der Waals surface area contributed by atoms with Gasteiger partial charge in [0, 0.05) is 28.3 Å². The molecule has 0 saturated carbocycles. The third-order valence-corrected chi connectivity index (χ3v) is 4.18. The van der Waals surface area contributed by atoms with Gasteiger partial charge in [0.2, 0.25) is 0 Å². The molecule has 1 heterocycles. The molecule has 3 aromatic carbocycles. The fraction of sp³-hybridized carbons (Fsp3) is 0.0476. The van der Waals surface area contributed by atoms with Crippen molar-refractivity contribution in [3.8, 4) is 22.5 Å². The van der Waals surface area contributed by atoms with E-state index in [4.69, 9.17) is 10.2 Å². The number of nitrogens with two attached hydrogens (primary N) is 1. The van der Waals surface area contributed by atoms with Crippen LogP contribution in [0.25, 0.3) is 33.4 Å². The van der Waals surface area contributed by atoms with Gasteiger partial charge in [-0.2, -0.15) is 0 Å². The maximum absolute atomic E-state index is 6.20. The molecule has 23 heavy (non-hydrogen) atoms. The Morgan fingerprint density at radius 1 is 0.783 bits per heavy atom. The number of fused-ring (bicyclic) bond motifs is 1. The molecule has 4 aromatic rings. The average Bonchev–Trinajstić information content (AvgIpc) is 2.95. The van der Waals surface area contributed by atoms with Crippen LogP contribution in [0.1, 0.15) is 5.56 Å². The van der Waals surface area contributed by atoms with Crippen LogP contribution in [0.5, 0.6) is 0 Å². The monoisotopic (exact) mass is 299 g/mol. The van der Waals surface area contributed by atoms with Gasteiger partial charge in [-0.25, -0.2) is 0 Å². The summed E-state index contributed by atoms with van der Waals surface area (Å²) >= 11 is 0. The summed E-state index contributed by atoms with van der Waals surface area (Å²) in [6.45, 7) is 2.03. The number of benzene rings is 3. The highest BCUT2D eigenvalue weighted by molar-refractivity contribution is 6.03. The summed E-state index contributed by atoms with van der Waals surface area (Å²) in [4.78, 5) is 0. The smallest absolute Gasteiger partial charge is 0.143 e. The highest BCUT2D eigenvalue weighted by Crippen LogP contribution is 2.41. The zero-order valence-electron chi connectivity index (χ0n) is 12.9. The summed E-state index contributed by atoms with van der Waals surface area (Å²) in [5.74, 6) is 0.886. The van der Waals surface area contributed by atoms with Gasteiger partial charge in [-0.15, -0.1) is 0 Å². The number of furan rings is 1. The molecule has 0 unspecified atom stereocenters. The Bertz CT molecular complexity index is 969. The lowest BCUT2D eigenvalue weighted by Crippen LogP contribution is -1.88. The van der Waals surface area contributed by atoms with E-state index in [0.29, 0.717) is 0 Å². The quantitative estimate of drug-likeness (QED) is 0.485. The maximum Gasteiger partial charge on any atom is 0.143 e. The Labute approximate surface area is 135 Å². The first kappa shape index (κ1) is 13.6. The van der Waals surface area contributed by atoms with Crippen molar-refractivity contribution < 1.29 is 4.42 Å². The molecule has 0 aliphatic heterocycles. The Morgan fingerprint density at radius 3 is 2.04 bits per heavy atom. The third-order valence-electron chi connectivity index (χ3n) is 4.18. The van der Waals surface area contributed by atoms with Crippen LogP contribution in [0.3, 0.4) is 0 Å². The van der Waals surface area contributed by atoms with E-state index >= 15 is 0 Å². The summed E-state index contributed by atoms with van der Waals surface area (Å²) in [5, 5.41) is 1.10. The molecule has 0 atom stereocenters. The molecule has 2 nitrogen and oxygen atoms in total. The molecule has 0 radical (unpaired) electrons. The van der Waals surface area contributed by atoms with Crippen molar-refractivity contribution >= 4 is 16.7 Å². The topological polar surface area (TPSA) is 39.2 Å². The van der Waals surface area contributed by atoms with Crippen LogP contribution in [0.15, 0.2) is 77.2 Å². The number of aryl methyl sites for hydroxylation is 1. The lowest BCUT2D eigenvalue weighted by Gasteiger charge is -2.04. The molecule has 0 fully saturated rings. The summed E-state index contributed by atoms with van der Waals surface area (Å²) in [6, 6.07) is 24.6. The van der Waals surface area contributed by atoms with Crippen molar-refractivity contribution in [2.75, 3.05) is 5.73 Å². The molecule has 0 bridgehead atoms. The van der Waals surface area contributed by atoms with Gasteiger partial charge in [0.05, 0.1) is 0 Å². The molecule has 0 spiro atoms. The molecule has 4 rings (SSSR count). The largest absolute Gasteiger partial charge is 0.455 e. The fourth-order valence-corrected chi connectivity index (χ4v) is 2.95. The molecule has 0 aliphatic rings. The molecule has 0 saturated heterocycles. The van der Waals surface area contributed by atoms with Crippen molar-refractivity contribution in [2.45, 2.75) is 6.92 Å². The Balaban J connectivity index is 2.09. The van der Waals surface area contributed by atoms with E-state index in [2.05, 4.69) is 30.3 Å². The van der Waals surface area contributed by atoms with Crippen molar-refractivity contribution in [3.63, 3.8) is 0 Å². The van der Waals surface area contributed by atoms with Crippen molar-refractivity contribution in [2.24, 2.45) is 0 Å². The summed E-state index contributed by atoms with van der Waals surface area (Å²) < 4.78 is 6.20. The number of rotatable bonds is 2. The van der Waals surface area contributed by atoms with Crippen LogP contribution in [-0.4, -0.2) is 0 Å². The second kappa shape index (κ2) is 5.33. The second-order valence-corrected chi connectivity index (χ2v) is 5.74. The first-order chi connectivity index (χ1) is 11.2. The minimum Gasteiger partial charge on any atom is -0.455 e. The van der Waals surface area contributed by atoms with Gasteiger partial charge in [0.25, 0.3) is 0 Å². The first-order valence-corrected chi connectivity index (χ1v) is 7.67. The van der Waals surface area contributed by atoms with Crippen LogP contribution >= 0.6 is 0 Å². The SMILES string of the molecule is Cc1cc2c(-c3ccccc3)c(-c3ccccc3)oc2cc1N. The van der Waals surface area contributed by atoms with Crippen LogP contribution in [0, 0.1) is 6.92 Å². The van der Waals surface area contributed by atoms with Gasteiger partial charge in [0.15, 0.2) is 0 Å². The fourth-order valence-electron chi connectivity index (χ4n) is 2.95. The predicted octanol–water partition coefficient (Wildman–Crippen LogP) is 5.66. The molecule has 0 aliphatic carbocycles. The predicted molar refractivity (Wildman–Crippen MR) is 96.2 cm³/mol. The Kier molecular flexibility index (Phi) is 3.16. The molecular weight excluding hydrogens is 282 g/mol. The van der Waals surface area contributed by atoms with Crippen LogP contribution in [0.2, 0.25) is 0 Å². The van der Waals surface area contributed by atoms with Crippen molar-refractivity contribution in [3.05, 3.63) is 78.4 Å². The highest BCUT2D eigenvalue weighted by Gasteiger charge is 2.18. The molecule has 0 amide bonds. The van der Waals surface area contributed by atoms with E-state index in [0.717, 1.165) is 44.7 Å². The zero-order valence-corrected chi connectivity index (χ0v) is 12.9. The van der Waals surface area contributed by atoms with E-state index in [1.165, 1.54) is 0 Å². The van der Waals surface area contributed by atoms with Gasteiger partial charge in [0.1, 0.15) is 11.3 Å². The van der Waals surface area contributed by atoms with Crippen molar-refractivity contribution in [1.29, 1.82) is 0 Å². The normalized spacial score (nSPS) is 11.0. The first-order valence-electron chi connectivity index (χ1n) is 7.67. The van der Waals surface area contributed by atoms with Gasteiger partial charge < -0.3 is 10.2 Å². The Morgan fingerprint density at radius 2 is 1.39 bits per heavy atom. The highest BCUT2D eigenvalue weighted by atomic mass is 16.3. The van der Waals surface area contributed by atoms with E-state index < -0.39 is 0 Å². The van der Waals surface area contributed by atoms with Crippen LogP contribution < -0.4 is 5.73 Å². The van der Waals surface area contributed by atoms with Gasteiger partial charge in [-0.05, 0) is 24.1 Å². The molecule has 2 N–H and O–H groups in total. The number of hydrogen-bond donors (Lipinski definition) is 1. The molecule has 1 aromatic heterocycles. The lowest BCUT2D eigenvalue weighted by atomic mass is 9.97. The molecule has 2 heteroatoms. The minimum absolute atomic E-state index is 0.755. The van der Waals surface area contributed by atoms with Crippen molar-refractivity contribution in [1.82, 2.24) is 0 Å². The lowest BCUT2D eigenvalue weighted by molar-refractivity contribution is 0.632. The number of nitrogen functional groups attached to an aromatic ring is 1. The van der Waals surface area contributed by atoms with Gasteiger partial charge >= 0.3 is 0 Å². The van der Waals surface area contributed by atoms with Gasteiger partial charge in [-0.3, -0.25) is 0 Å². The zero-order chi connectivity index (χ0) is 15.8. The third kappa shape index (κ3) is 2.29. The number of hydrogen-bond acceptors (Lipinski definition) is 2. The van der Waals surface area contributed by atoms with E-state index in [-0.39, 0.29) is 0 Å². The van der Waals surface area contributed by atoms with E-state index in [1.54, 1.807) is 0 Å². The van der Waals surface area contributed by atoms with Crippen LogP contribution in [-0.2, 0) is 0 Å². The second-order valence-electron chi connectivity index (χ2n) is 5.74. The van der Waals surface area contributed by atoms with E-state index in [1.807, 2.05) is 49.4 Å². The summed E-state index contributed by atoms with van der Waals surface area (Å²) in [7, 11) is 0. The minimum atomic E-state index is 0.755. The maximum atomic E-state index is 6.20. The summed E-state index contributed by atoms with van der Waals surface area (Å²) in [6.07, 6.45) is 0. The summed E-state index contributed by atoms with van der Waals surface area (Å²) in [5.41, 5.74) is 12.0. The van der Waals surface area contributed by atoms with Crippen LogP contribution in [0.4, 0.5) is 5.69 Å². The standard InChI is InChI=1S/C21H17NO/c1-14-12-17-19(13-18(14)22)23-21(16-10-6-3-7-11-16)20(17)15-8-4-2-5-9-15/h2-13H,22H2,1H3. The molecular formula is C21H17NO. The van der Waals surface area contributed by atoms with Gasteiger partial charge in [-0.1, -0.05) is 60.7 Å². The molecule has 112 valence electrons. The Hall–Kier alpha value is -3.00. The number of anilines is 1.